The summed E-state index contributed by atoms with van der Waals surface area (Å²) in [6.45, 7) is 0. The second kappa shape index (κ2) is 7.37. The molecule has 0 spiro atoms. The van der Waals surface area contributed by atoms with E-state index in [0.29, 0.717) is 5.75 Å². The number of methoxy groups -OCH3 is 1. The maximum absolute atomic E-state index is 10.6. The van der Waals surface area contributed by atoms with Gasteiger partial charge in [0.1, 0.15) is 6.10 Å². The van der Waals surface area contributed by atoms with Crippen molar-refractivity contribution < 1.29 is 14.6 Å². The Bertz CT molecular complexity index is 648. The van der Waals surface area contributed by atoms with Gasteiger partial charge in [0.15, 0.2) is 11.5 Å². The van der Waals surface area contributed by atoms with E-state index < -0.39 is 6.10 Å². The van der Waals surface area contributed by atoms with Crippen molar-refractivity contribution in [3.63, 3.8) is 0 Å². The van der Waals surface area contributed by atoms with E-state index in [-0.39, 0.29) is 6.10 Å². The Labute approximate surface area is 145 Å². The van der Waals surface area contributed by atoms with E-state index in [0.717, 1.165) is 34.2 Å². The summed E-state index contributed by atoms with van der Waals surface area (Å²) in [6, 6.07) is 13.3. The molecule has 0 heterocycles. The topological polar surface area (TPSA) is 38.7 Å². The predicted octanol–water partition coefficient (Wildman–Crippen LogP) is 4.86. The van der Waals surface area contributed by atoms with Crippen LogP contribution >= 0.6 is 15.9 Å². The first kappa shape index (κ1) is 16.3. The van der Waals surface area contributed by atoms with E-state index >= 15 is 0 Å². The second-order valence-corrected chi connectivity index (χ2v) is 6.80. The maximum Gasteiger partial charge on any atom is 0.161 e. The van der Waals surface area contributed by atoms with E-state index in [1.165, 1.54) is 12.8 Å². The summed E-state index contributed by atoms with van der Waals surface area (Å²) in [7, 11) is 1.63. The first-order chi connectivity index (χ1) is 11.2. The van der Waals surface area contributed by atoms with Gasteiger partial charge >= 0.3 is 0 Å². The van der Waals surface area contributed by atoms with Crippen LogP contribution in [0.15, 0.2) is 46.9 Å². The van der Waals surface area contributed by atoms with Crippen LogP contribution in [0.25, 0.3) is 0 Å². The zero-order chi connectivity index (χ0) is 16.2. The lowest BCUT2D eigenvalue weighted by Gasteiger charge is -2.18. The molecule has 0 aromatic heterocycles. The van der Waals surface area contributed by atoms with Crippen molar-refractivity contribution in [2.75, 3.05) is 7.11 Å². The summed E-state index contributed by atoms with van der Waals surface area (Å²) < 4.78 is 12.5. The lowest BCUT2D eigenvalue weighted by Crippen LogP contribution is -2.12. The minimum atomic E-state index is -0.683. The van der Waals surface area contributed by atoms with E-state index in [1.807, 2.05) is 42.5 Å². The number of ether oxygens (including phenoxy) is 2. The molecule has 1 atom stereocenters. The number of halogens is 1. The van der Waals surface area contributed by atoms with Gasteiger partial charge in [-0.1, -0.05) is 34.1 Å². The standard InChI is InChI=1S/C19H21BrO3/c1-22-18-12-14(19(21)13-6-9-15(20)10-7-13)8-11-17(18)23-16-4-2-3-5-16/h6-12,16,19,21H,2-5H2,1H3. The van der Waals surface area contributed by atoms with Gasteiger partial charge in [-0.3, -0.25) is 0 Å². The molecule has 2 aromatic carbocycles. The van der Waals surface area contributed by atoms with Crippen LogP contribution < -0.4 is 9.47 Å². The molecule has 1 fully saturated rings. The van der Waals surface area contributed by atoms with Gasteiger partial charge in [0.05, 0.1) is 13.2 Å². The van der Waals surface area contributed by atoms with Gasteiger partial charge in [-0.05, 0) is 61.1 Å². The minimum absolute atomic E-state index is 0.283. The van der Waals surface area contributed by atoms with Crippen LogP contribution in [-0.2, 0) is 0 Å². The molecular weight excluding hydrogens is 356 g/mol. The number of benzene rings is 2. The Morgan fingerprint density at radius 1 is 1.00 bits per heavy atom. The zero-order valence-corrected chi connectivity index (χ0v) is 14.8. The van der Waals surface area contributed by atoms with Crippen molar-refractivity contribution >= 4 is 15.9 Å². The van der Waals surface area contributed by atoms with Crippen molar-refractivity contribution in [1.82, 2.24) is 0 Å². The first-order valence-corrected chi connectivity index (χ1v) is 8.75. The van der Waals surface area contributed by atoms with Crippen LogP contribution in [0.2, 0.25) is 0 Å². The van der Waals surface area contributed by atoms with Gasteiger partial charge in [0, 0.05) is 4.47 Å². The Kier molecular flexibility index (Phi) is 5.23. The molecule has 122 valence electrons. The van der Waals surface area contributed by atoms with Crippen LogP contribution in [0.1, 0.15) is 42.9 Å². The number of rotatable bonds is 5. The smallest absolute Gasteiger partial charge is 0.161 e. The highest BCUT2D eigenvalue weighted by atomic mass is 79.9. The van der Waals surface area contributed by atoms with E-state index in [4.69, 9.17) is 9.47 Å². The summed E-state index contributed by atoms with van der Waals surface area (Å²) in [5.74, 6) is 1.43. The summed E-state index contributed by atoms with van der Waals surface area (Å²) in [6.07, 6.45) is 4.27. The van der Waals surface area contributed by atoms with Crippen LogP contribution in [0.4, 0.5) is 0 Å². The Hall–Kier alpha value is -1.52. The van der Waals surface area contributed by atoms with Gasteiger partial charge < -0.3 is 14.6 Å². The third-order valence-corrected chi connectivity index (χ3v) is 4.81. The van der Waals surface area contributed by atoms with E-state index in [1.54, 1.807) is 7.11 Å². The third kappa shape index (κ3) is 3.88. The third-order valence-electron chi connectivity index (χ3n) is 4.28. The van der Waals surface area contributed by atoms with Gasteiger partial charge in [-0.15, -0.1) is 0 Å². The molecule has 1 aliphatic rings. The molecule has 1 N–H and O–H groups in total. The fraction of sp³-hybridized carbons (Fsp3) is 0.368. The monoisotopic (exact) mass is 376 g/mol. The summed E-state index contributed by atoms with van der Waals surface area (Å²) in [5, 5.41) is 10.6. The molecule has 2 aromatic rings. The van der Waals surface area contributed by atoms with E-state index in [2.05, 4.69) is 15.9 Å². The van der Waals surface area contributed by atoms with E-state index in [9.17, 15) is 5.11 Å². The quantitative estimate of drug-likeness (QED) is 0.809. The average molecular weight is 377 g/mol. The Morgan fingerprint density at radius 3 is 2.30 bits per heavy atom. The van der Waals surface area contributed by atoms with Crippen LogP contribution in [-0.4, -0.2) is 18.3 Å². The molecule has 3 nitrogen and oxygen atoms in total. The average Bonchev–Trinajstić information content (AvgIpc) is 3.08. The Morgan fingerprint density at radius 2 is 1.65 bits per heavy atom. The molecule has 4 heteroatoms. The molecule has 0 bridgehead atoms. The minimum Gasteiger partial charge on any atom is -0.493 e. The van der Waals surface area contributed by atoms with Crippen molar-refractivity contribution in [3.05, 3.63) is 58.1 Å². The van der Waals surface area contributed by atoms with Crippen molar-refractivity contribution in [2.45, 2.75) is 37.9 Å². The fourth-order valence-corrected chi connectivity index (χ4v) is 3.24. The van der Waals surface area contributed by atoms with Crippen molar-refractivity contribution in [2.24, 2.45) is 0 Å². The Balaban J connectivity index is 1.81. The van der Waals surface area contributed by atoms with Gasteiger partial charge in [-0.25, -0.2) is 0 Å². The normalized spacial score (nSPS) is 16.3. The molecule has 0 amide bonds. The molecule has 3 rings (SSSR count). The number of hydrogen-bond acceptors (Lipinski definition) is 3. The first-order valence-electron chi connectivity index (χ1n) is 7.95. The van der Waals surface area contributed by atoms with Crippen molar-refractivity contribution in [3.8, 4) is 11.5 Å². The molecule has 1 unspecified atom stereocenters. The zero-order valence-electron chi connectivity index (χ0n) is 13.2. The highest BCUT2D eigenvalue weighted by Gasteiger charge is 2.19. The molecule has 23 heavy (non-hydrogen) atoms. The molecule has 1 saturated carbocycles. The lowest BCUT2D eigenvalue weighted by molar-refractivity contribution is 0.199. The van der Waals surface area contributed by atoms with Crippen LogP contribution in [0, 0.1) is 0 Å². The molecule has 0 saturated heterocycles. The largest absolute Gasteiger partial charge is 0.493 e. The number of hydrogen-bond donors (Lipinski definition) is 1. The molecular formula is C19H21BrO3. The van der Waals surface area contributed by atoms with Crippen LogP contribution in [0.5, 0.6) is 11.5 Å². The number of aliphatic hydroxyl groups excluding tert-OH is 1. The summed E-state index contributed by atoms with van der Waals surface area (Å²) in [4.78, 5) is 0. The van der Waals surface area contributed by atoms with Crippen LogP contribution in [0.3, 0.4) is 0 Å². The van der Waals surface area contributed by atoms with Gasteiger partial charge in [0.2, 0.25) is 0 Å². The summed E-state index contributed by atoms with van der Waals surface area (Å²) in [5.41, 5.74) is 1.64. The SMILES string of the molecule is COc1cc(C(O)c2ccc(Br)cc2)ccc1OC1CCCC1. The van der Waals surface area contributed by atoms with Gasteiger partial charge in [0.25, 0.3) is 0 Å². The predicted molar refractivity (Wildman–Crippen MR) is 94.1 cm³/mol. The summed E-state index contributed by atoms with van der Waals surface area (Å²) >= 11 is 3.41. The highest BCUT2D eigenvalue weighted by molar-refractivity contribution is 9.10. The second-order valence-electron chi connectivity index (χ2n) is 5.89. The molecule has 0 aliphatic heterocycles. The van der Waals surface area contributed by atoms with Gasteiger partial charge in [-0.2, -0.15) is 0 Å². The lowest BCUT2D eigenvalue weighted by atomic mass is 10.0. The molecule has 1 aliphatic carbocycles. The maximum atomic E-state index is 10.6. The number of aliphatic hydroxyl groups is 1. The molecule has 0 radical (unpaired) electrons. The fourth-order valence-electron chi connectivity index (χ4n) is 2.97. The highest BCUT2D eigenvalue weighted by Crippen LogP contribution is 2.35. The van der Waals surface area contributed by atoms with Crippen molar-refractivity contribution in [1.29, 1.82) is 0 Å².